The van der Waals surface area contributed by atoms with Gasteiger partial charge in [0, 0.05) is 11.4 Å². The van der Waals surface area contributed by atoms with E-state index in [1.807, 2.05) is 39.0 Å². The van der Waals surface area contributed by atoms with Crippen LogP contribution in [-0.4, -0.2) is 32.4 Å². The lowest BCUT2D eigenvalue weighted by Gasteiger charge is -2.14. The maximum Gasteiger partial charge on any atom is 0.278 e. The van der Waals surface area contributed by atoms with Crippen LogP contribution in [0.3, 0.4) is 0 Å². The van der Waals surface area contributed by atoms with Crippen molar-refractivity contribution in [2.45, 2.75) is 25.9 Å². The molecule has 0 fully saturated rings. The first-order valence-corrected chi connectivity index (χ1v) is 12.3. The van der Waals surface area contributed by atoms with Gasteiger partial charge in [-0.2, -0.15) is 0 Å². The number of aliphatic carboxylic acids is 1. The Morgan fingerprint density at radius 3 is 2.45 bits per heavy atom. The molecule has 0 N–H and O–H groups in total. The van der Waals surface area contributed by atoms with Crippen LogP contribution in [0.1, 0.15) is 18.1 Å². The Bertz CT molecular complexity index is 1470. The van der Waals surface area contributed by atoms with Crippen molar-refractivity contribution in [1.82, 2.24) is 14.1 Å². The topological polar surface area (TPSA) is 89.2 Å². The lowest BCUT2D eigenvalue weighted by atomic mass is 10.1. The van der Waals surface area contributed by atoms with E-state index in [2.05, 4.69) is 0 Å². The summed E-state index contributed by atoms with van der Waals surface area (Å²) < 4.78 is 9.52. The van der Waals surface area contributed by atoms with Crippen LogP contribution in [0, 0.1) is 17.8 Å². The lowest BCUT2D eigenvalue weighted by molar-refractivity contribution is -0.301. The maximum absolute atomic E-state index is 13.6. The Hall–Kier alpha value is -2.95. The summed E-state index contributed by atoms with van der Waals surface area (Å²) in [7, 11) is 0. The van der Waals surface area contributed by atoms with Crippen LogP contribution in [0.2, 0.25) is 0 Å². The molecule has 0 bridgehead atoms. The van der Waals surface area contributed by atoms with Gasteiger partial charge in [0.1, 0.15) is 10.4 Å². The molecule has 2 aromatic heterocycles. The summed E-state index contributed by atoms with van der Waals surface area (Å²) in [5, 5.41) is 11.4. The first kappa shape index (κ1) is 23.2. The zero-order chi connectivity index (χ0) is 23.7. The average molecular weight is 499 g/mol. The summed E-state index contributed by atoms with van der Waals surface area (Å²) in [6.45, 7) is 6.44. The molecule has 0 aliphatic rings. The Kier molecular flexibility index (Phi) is 6.68. The van der Waals surface area contributed by atoms with Crippen LogP contribution < -0.4 is 15.4 Å². The number of fused-ring (bicyclic) bond motifs is 1. The van der Waals surface area contributed by atoms with Crippen molar-refractivity contribution in [2.75, 3.05) is 12.4 Å². The summed E-state index contributed by atoms with van der Waals surface area (Å²) in [6, 6.07) is 12.9. The molecular formula is C23H20N3O4S3-. The molecule has 0 aliphatic heterocycles. The molecule has 0 unspecified atom stereocenters. The van der Waals surface area contributed by atoms with Gasteiger partial charge in [-0.05, 0) is 80.5 Å². The van der Waals surface area contributed by atoms with Crippen molar-refractivity contribution >= 4 is 51.6 Å². The normalized spacial score (nSPS) is 11.1. The van der Waals surface area contributed by atoms with Gasteiger partial charge in [-0.15, -0.1) is 0 Å². The fourth-order valence-corrected chi connectivity index (χ4v) is 5.36. The molecule has 10 heteroatoms. The highest BCUT2D eigenvalue weighted by Crippen LogP contribution is 2.28. The van der Waals surface area contributed by atoms with Crippen LogP contribution in [0.4, 0.5) is 0 Å². The standard InChI is InChI=1S/C23H21N3O4S3/c1-4-30-17-9-7-15(8-10-17)26-21(29)19-20(24-22(26)32-12-18(27)28)25(23(31)33-19)16-6-5-13(2)14(3)11-16/h5-11H,4,12H2,1-3H3,(H,27,28)/p-1. The van der Waals surface area contributed by atoms with Gasteiger partial charge in [-0.3, -0.25) is 13.9 Å². The third kappa shape index (κ3) is 4.59. The van der Waals surface area contributed by atoms with E-state index in [1.165, 1.54) is 15.9 Å². The van der Waals surface area contributed by atoms with Crippen molar-refractivity contribution in [3.8, 4) is 17.1 Å². The third-order valence-electron chi connectivity index (χ3n) is 5.05. The lowest BCUT2D eigenvalue weighted by Crippen LogP contribution is -2.26. The number of benzene rings is 2. The van der Waals surface area contributed by atoms with E-state index in [0.717, 1.165) is 28.6 Å². The number of hydrogen-bond donors (Lipinski definition) is 0. The van der Waals surface area contributed by atoms with Gasteiger partial charge >= 0.3 is 0 Å². The molecule has 0 radical (unpaired) electrons. The number of nitrogens with zero attached hydrogens (tertiary/aromatic N) is 3. The highest BCUT2D eigenvalue weighted by atomic mass is 32.2. The minimum Gasteiger partial charge on any atom is -0.549 e. The number of aryl methyl sites for hydroxylation is 2. The number of thiazole rings is 1. The average Bonchev–Trinajstić information content (AvgIpc) is 3.11. The number of thioether (sulfide) groups is 1. The predicted octanol–water partition coefficient (Wildman–Crippen LogP) is 3.82. The molecule has 0 atom stereocenters. The second kappa shape index (κ2) is 9.50. The molecule has 33 heavy (non-hydrogen) atoms. The second-order valence-corrected chi connectivity index (χ2v) is 9.83. The number of carbonyl (C=O) groups is 1. The highest BCUT2D eigenvalue weighted by molar-refractivity contribution is 7.99. The molecule has 0 saturated carbocycles. The third-order valence-corrected chi connectivity index (χ3v) is 7.31. The van der Waals surface area contributed by atoms with E-state index in [-0.39, 0.29) is 16.5 Å². The van der Waals surface area contributed by atoms with Crippen LogP contribution >= 0.6 is 35.3 Å². The Morgan fingerprint density at radius 1 is 1.12 bits per heavy atom. The van der Waals surface area contributed by atoms with Crippen LogP contribution in [0.5, 0.6) is 5.75 Å². The summed E-state index contributed by atoms with van der Waals surface area (Å²) >= 11 is 7.70. The Balaban J connectivity index is 1.96. The van der Waals surface area contributed by atoms with Crippen molar-refractivity contribution < 1.29 is 14.6 Å². The predicted molar refractivity (Wildman–Crippen MR) is 132 cm³/mol. The number of carboxylic acids is 1. The van der Waals surface area contributed by atoms with E-state index in [9.17, 15) is 14.7 Å². The molecule has 170 valence electrons. The van der Waals surface area contributed by atoms with E-state index >= 15 is 0 Å². The quantitative estimate of drug-likeness (QED) is 0.217. The molecule has 4 rings (SSSR count). The minimum absolute atomic E-state index is 0.242. The van der Waals surface area contributed by atoms with Gasteiger partial charge in [-0.1, -0.05) is 29.2 Å². The number of carbonyl (C=O) groups excluding carboxylic acids is 1. The van der Waals surface area contributed by atoms with Gasteiger partial charge < -0.3 is 14.6 Å². The molecule has 7 nitrogen and oxygen atoms in total. The Labute approximate surface area is 203 Å². The summed E-state index contributed by atoms with van der Waals surface area (Å²) in [5.41, 5.74) is 3.67. The van der Waals surface area contributed by atoms with Gasteiger partial charge in [0.05, 0.1) is 18.3 Å². The molecule has 4 aromatic rings. The first-order chi connectivity index (χ1) is 15.8. The summed E-state index contributed by atoms with van der Waals surface area (Å²) in [4.78, 5) is 29.5. The SMILES string of the molecule is CCOc1ccc(-n2c(SCC(=O)[O-])nc3c(sc(=S)n3-c3ccc(C)c(C)c3)c2=O)cc1. The van der Waals surface area contributed by atoms with Crippen molar-refractivity contribution in [1.29, 1.82) is 0 Å². The van der Waals surface area contributed by atoms with E-state index in [1.54, 1.807) is 28.8 Å². The second-order valence-electron chi connectivity index (χ2n) is 7.25. The number of aromatic nitrogens is 3. The van der Waals surface area contributed by atoms with Crippen LogP contribution in [0.25, 0.3) is 21.7 Å². The molecule has 0 spiro atoms. The van der Waals surface area contributed by atoms with Gasteiger partial charge in [0.2, 0.25) is 0 Å². The first-order valence-electron chi connectivity index (χ1n) is 10.1. The van der Waals surface area contributed by atoms with Crippen molar-refractivity contribution in [3.05, 3.63) is 67.9 Å². The molecule has 0 saturated heterocycles. The van der Waals surface area contributed by atoms with Gasteiger partial charge in [-0.25, -0.2) is 4.98 Å². The van der Waals surface area contributed by atoms with E-state index in [4.69, 9.17) is 21.9 Å². The monoisotopic (exact) mass is 498 g/mol. The fraction of sp³-hybridized carbons (Fsp3) is 0.217. The van der Waals surface area contributed by atoms with Gasteiger partial charge in [0.25, 0.3) is 5.56 Å². The van der Waals surface area contributed by atoms with Gasteiger partial charge in [0.15, 0.2) is 14.8 Å². The smallest absolute Gasteiger partial charge is 0.278 e. The molecule has 0 aliphatic carbocycles. The van der Waals surface area contributed by atoms with Crippen molar-refractivity contribution in [3.63, 3.8) is 0 Å². The summed E-state index contributed by atoms with van der Waals surface area (Å²) in [5.74, 6) is -0.920. The minimum atomic E-state index is -1.25. The maximum atomic E-state index is 13.6. The van der Waals surface area contributed by atoms with Crippen molar-refractivity contribution in [2.24, 2.45) is 0 Å². The summed E-state index contributed by atoms with van der Waals surface area (Å²) in [6.07, 6.45) is 0. The number of hydrogen-bond acceptors (Lipinski definition) is 8. The molecule has 2 aromatic carbocycles. The molecule has 0 amide bonds. The fourth-order valence-electron chi connectivity index (χ4n) is 3.33. The number of carboxylic acid groups (broad SMARTS) is 1. The van der Waals surface area contributed by atoms with Crippen LogP contribution in [0.15, 0.2) is 52.4 Å². The largest absolute Gasteiger partial charge is 0.549 e. The zero-order valence-electron chi connectivity index (χ0n) is 18.2. The van der Waals surface area contributed by atoms with E-state index in [0.29, 0.717) is 32.3 Å². The van der Waals surface area contributed by atoms with E-state index < -0.39 is 5.97 Å². The number of rotatable bonds is 7. The molecular weight excluding hydrogens is 478 g/mol. The van der Waals surface area contributed by atoms with Crippen LogP contribution in [-0.2, 0) is 4.79 Å². The molecule has 2 heterocycles. The number of ether oxygens (including phenoxy) is 1. The highest BCUT2D eigenvalue weighted by Gasteiger charge is 2.19. The zero-order valence-corrected chi connectivity index (χ0v) is 20.6. The Morgan fingerprint density at radius 2 is 1.82 bits per heavy atom.